The summed E-state index contributed by atoms with van der Waals surface area (Å²) in [7, 11) is 0. The zero-order chi connectivity index (χ0) is 30.8. The molecular weight excluding hydrogens is 604 g/mol. The van der Waals surface area contributed by atoms with Crippen LogP contribution in [0, 0.1) is 6.92 Å². The van der Waals surface area contributed by atoms with E-state index in [9.17, 15) is 17.6 Å². The number of aromatic nitrogens is 5. The van der Waals surface area contributed by atoms with E-state index < -0.39 is 29.1 Å². The quantitative estimate of drug-likeness (QED) is 0.272. The van der Waals surface area contributed by atoms with Crippen LogP contribution in [0.4, 0.5) is 29.2 Å². The van der Waals surface area contributed by atoms with Crippen molar-refractivity contribution in [1.29, 1.82) is 0 Å². The molecule has 10 nitrogen and oxygen atoms in total. The second kappa shape index (κ2) is 10.6. The molecule has 0 saturated carbocycles. The van der Waals surface area contributed by atoms with Crippen LogP contribution in [0.15, 0.2) is 24.5 Å². The maximum absolute atomic E-state index is 14.4. The molecule has 4 aromatic rings. The van der Waals surface area contributed by atoms with E-state index in [1.807, 2.05) is 4.90 Å². The molecule has 232 valence electrons. The van der Waals surface area contributed by atoms with Crippen LogP contribution >= 0.6 is 11.6 Å². The van der Waals surface area contributed by atoms with Crippen LogP contribution in [-0.4, -0.2) is 74.6 Å². The minimum atomic E-state index is -4.73. The number of anilines is 2. The molecule has 0 radical (unpaired) electrons. The van der Waals surface area contributed by atoms with Gasteiger partial charge >= 0.3 is 12.2 Å². The molecule has 0 unspecified atom stereocenters. The van der Waals surface area contributed by atoms with E-state index in [2.05, 4.69) is 25.1 Å². The highest BCUT2D eigenvalue weighted by Gasteiger charge is 2.49. The van der Waals surface area contributed by atoms with E-state index in [0.29, 0.717) is 37.3 Å². The highest BCUT2D eigenvalue weighted by atomic mass is 35.5. The first-order chi connectivity index (χ1) is 21.0. The predicted octanol–water partition coefficient (Wildman–Crippen LogP) is 5.33. The number of aromatic amines is 1. The molecule has 0 aliphatic carbocycles. The van der Waals surface area contributed by atoms with Gasteiger partial charge in [-0.15, -0.1) is 0 Å². The van der Waals surface area contributed by atoms with E-state index in [4.69, 9.17) is 31.8 Å². The molecule has 3 aromatic heterocycles. The number of pyridine rings is 1. The third kappa shape index (κ3) is 4.93. The lowest BCUT2D eigenvalue weighted by molar-refractivity contribution is -0.137. The van der Waals surface area contributed by atoms with Crippen LogP contribution in [-0.2, 0) is 12.7 Å². The monoisotopic (exact) mass is 632 g/mol. The van der Waals surface area contributed by atoms with Gasteiger partial charge in [-0.2, -0.15) is 28.2 Å². The Balaban J connectivity index is 1.40. The summed E-state index contributed by atoms with van der Waals surface area (Å²) >= 11 is 6.84. The standard InChI is InChI=1S/C29H29ClF4N8O2/c1-15-7-20(35)39-24(22(15)29(32,33)34)18-8-19-21-25(23(18)30)43-6-5-41(12-16-10-36-37-11-16)26(21)40-27(38-19)44-14-28-3-2-4-42(28)13-17(31)9-28/h7-8,10-11,17H,2-6,9,12-14H2,1H3,(H2,35,39)(H,36,37)/t17-,28+/m1/s1. The van der Waals surface area contributed by atoms with Gasteiger partial charge in [-0.3, -0.25) is 10.00 Å². The Hall–Kier alpha value is -3.91. The molecule has 3 N–H and O–H groups in total. The van der Waals surface area contributed by atoms with E-state index in [-0.39, 0.29) is 52.5 Å². The van der Waals surface area contributed by atoms with Crippen LogP contribution in [0.2, 0.25) is 5.02 Å². The first-order valence-corrected chi connectivity index (χ1v) is 14.7. The molecular formula is C29H29ClF4N8O2. The summed E-state index contributed by atoms with van der Waals surface area (Å²) in [6, 6.07) is 2.62. The zero-order valence-electron chi connectivity index (χ0n) is 23.7. The van der Waals surface area contributed by atoms with Crippen LogP contribution in [0.5, 0.6) is 11.8 Å². The molecule has 15 heteroatoms. The van der Waals surface area contributed by atoms with Gasteiger partial charge in [-0.1, -0.05) is 11.6 Å². The summed E-state index contributed by atoms with van der Waals surface area (Å²) in [5.41, 5.74) is 5.08. The summed E-state index contributed by atoms with van der Waals surface area (Å²) in [5, 5.41) is 7.18. The fourth-order valence-electron chi connectivity index (χ4n) is 6.80. The number of halogens is 5. The maximum atomic E-state index is 14.4. The van der Waals surface area contributed by atoms with Gasteiger partial charge in [0, 0.05) is 36.8 Å². The van der Waals surface area contributed by atoms with Crippen molar-refractivity contribution < 1.29 is 27.0 Å². The van der Waals surface area contributed by atoms with Crippen LogP contribution in [0.25, 0.3) is 22.2 Å². The first kappa shape index (κ1) is 28.8. The predicted molar refractivity (Wildman–Crippen MR) is 156 cm³/mol. The number of benzene rings is 1. The second-order valence-electron chi connectivity index (χ2n) is 11.6. The number of hydrogen-bond acceptors (Lipinski definition) is 9. The molecule has 6 heterocycles. The Kier molecular flexibility index (Phi) is 6.96. The SMILES string of the molecule is Cc1cc(N)nc(-c2cc3nc(OC[C@@]45CCCN4C[C@H](F)C5)nc4c3c(c2Cl)OCCN4Cc2cn[nH]c2)c1C(F)(F)F. The highest BCUT2D eigenvalue weighted by molar-refractivity contribution is 6.36. The molecule has 0 amide bonds. The summed E-state index contributed by atoms with van der Waals surface area (Å²) in [6.45, 7) is 3.60. The number of nitrogen functional groups attached to an aromatic ring is 1. The average Bonchev–Trinajstić information content (AvgIpc) is 3.64. The Morgan fingerprint density at radius 1 is 1.23 bits per heavy atom. The van der Waals surface area contributed by atoms with Crippen LogP contribution in [0.1, 0.15) is 36.0 Å². The lowest BCUT2D eigenvalue weighted by Crippen LogP contribution is -2.43. The number of rotatable bonds is 6. The molecule has 0 spiro atoms. The molecule has 3 aliphatic heterocycles. The molecule has 2 saturated heterocycles. The molecule has 44 heavy (non-hydrogen) atoms. The molecule has 2 fully saturated rings. The van der Waals surface area contributed by atoms with Crippen molar-refractivity contribution in [2.45, 2.75) is 50.6 Å². The third-order valence-electron chi connectivity index (χ3n) is 8.68. The van der Waals surface area contributed by atoms with Crippen molar-refractivity contribution in [3.63, 3.8) is 0 Å². The van der Waals surface area contributed by atoms with Gasteiger partial charge in [0.05, 0.1) is 45.5 Å². The number of fused-ring (bicyclic) bond motifs is 1. The normalized spacial score (nSPS) is 21.9. The fourth-order valence-corrected chi connectivity index (χ4v) is 7.09. The van der Waals surface area contributed by atoms with E-state index in [0.717, 1.165) is 24.9 Å². The summed E-state index contributed by atoms with van der Waals surface area (Å²) < 4.78 is 69.7. The fraction of sp³-hybridized carbons (Fsp3) is 0.448. The Labute approximate surface area is 254 Å². The maximum Gasteiger partial charge on any atom is 0.418 e. The summed E-state index contributed by atoms with van der Waals surface area (Å²) in [4.78, 5) is 17.6. The number of nitrogens with zero attached hydrogens (tertiary/aromatic N) is 6. The summed E-state index contributed by atoms with van der Waals surface area (Å²) in [5.74, 6) is 0.493. The van der Waals surface area contributed by atoms with Gasteiger partial charge in [0.25, 0.3) is 0 Å². The van der Waals surface area contributed by atoms with Gasteiger partial charge in [0.1, 0.15) is 31.0 Å². The smallest absolute Gasteiger partial charge is 0.418 e. The van der Waals surface area contributed by atoms with Crippen molar-refractivity contribution in [2.24, 2.45) is 0 Å². The average molecular weight is 633 g/mol. The minimum Gasteiger partial charge on any atom is -0.489 e. The van der Waals surface area contributed by atoms with Crippen molar-refractivity contribution in [3.8, 4) is 23.0 Å². The first-order valence-electron chi connectivity index (χ1n) is 14.3. The largest absolute Gasteiger partial charge is 0.489 e. The third-order valence-corrected chi connectivity index (χ3v) is 9.06. The molecule has 0 bridgehead atoms. The summed E-state index contributed by atoms with van der Waals surface area (Å²) in [6.07, 6.45) is -0.138. The van der Waals surface area contributed by atoms with Gasteiger partial charge in [-0.25, -0.2) is 9.37 Å². The van der Waals surface area contributed by atoms with Crippen molar-refractivity contribution in [1.82, 2.24) is 30.0 Å². The number of hydrogen-bond donors (Lipinski definition) is 2. The molecule has 7 rings (SSSR count). The van der Waals surface area contributed by atoms with E-state index >= 15 is 0 Å². The van der Waals surface area contributed by atoms with Crippen LogP contribution in [0.3, 0.4) is 0 Å². The minimum absolute atomic E-state index is 0.0158. The van der Waals surface area contributed by atoms with Crippen LogP contribution < -0.4 is 20.1 Å². The molecule has 1 aromatic carbocycles. The number of alkyl halides is 4. The lowest BCUT2D eigenvalue weighted by atomic mass is 9.95. The molecule has 2 atom stereocenters. The van der Waals surface area contributed by atoms with Crippen molar-refractivity contribution >= 4 is 34.1 Å². The number of nitrogens with two attached hydrogens (primary N) is 1. The lowest BCUT2D eigenvalue weighted by Gasteiger charge is -2.31. The van der Waals surface area contributed by atoms with Gasteiger partial charge < -0.3 is 20.1 Å². The second-order valence-corrected chi connectivity index (χ2v) is 12.0. The topological polar surface area (TPSA) is 118 Å². The number of nitrogens with one attached hydrogen (secondary N) is 1. The van der Waals surface area contributed by atoms with E-state index in [1.54, 1.807) is 12.4 Å². The molecule has 3 aliphatic rings. The Morgan fingerprint density at radius 3 is 2.84 bits per heavy atom. The Bertz CT molecular complexity index is 1740. The van der Waals surface area contributed by atoms with Gasteiger partial charge in [0.15, 0.2) is 5.75 Å². The van der Waals surface area contributed by atoms with Gasteiger partial charge in [0.2, 0.25) is 0 Å². The zero-order valence-corrected chi connectivity index (χ0v) is 24.5. The number of H-pyrrole nitrogens is 1. The van der Waals surface area contributed by atoms with E-state index in [1.165, 1.54) is 19.1 Å². The number of aryl methyl sites for hydroxylation is 1. The Morgan fingerprint density at radius 2 is 2.07 bits per heavy atom. The van der Waals surface area contributed by atoms with Gasteiger partial charge in [-0.05, 0) is 44.0 Å². The van der Waals surface area contributed by atoms with Crippen molar-refractivity contribution in [3.05, 3.63) is 46.2 Å². The van der Waals surface area contributed by atoms with Crippen molar-refractivity contribution in [2.75, 3.05) is 43.5 Å². The highest BCUT2D eigenvalue weighted by Crippen LogP contribution is 2.49. The number of ether oxygens (including phenoxy) is 2.